The van der Waals surface area contributed by atoms with Gasteiger partial charge < -0.3 is 18.9 Å². The largest absolute Gasteiger partial charge is 0.496 e. The minimum Gasteiger partial charge on any atom is -0.496 e. The van der Waals surface area contributed by atoms with E-state index in [0.29, 0.717) is 23.0 Å². The second-order valence-electron chi connectivity index (χ2n) is 4.62. The third kappa shape index (κ3) is 3.49. The molecule has 0 fully saturated rings. The molecule has 23 heavy (non-hydrogen) atoms. The summed E-state index contributed by atoms with van der Waals surface area (Å²) in [7, 11) is 1.55. The summed E-state index contributed by atoms with van der Waals surface area (Å²) in [6, 6.07) is 8.80. The van der Waals surface area contributed by atoms with E-state index in [0.717, 1.165) is 5.56 Å². The van der Waals surface area contributed by atoms with Crippen molar-refractivity contribution >= 4 is 17.7 Å². The zero-order chi connectivity index (χ0) is 16.1. The van der Waals surface area contributed by atoms with Crippen molar-refractivity contribution in [3.8, 4) is 17.1 Å². The molecule has 1 N–H and O–H groups in total. The maximum atomic E-state index is 11.9. The Hall–Kier alpha value is -3.28. The number of hydrogen-bond donors (Lipinski definition) is 1. The van der Waals surface area contributed by atoms with Gasteiger partial charge >= 0.3 is 0 Å². The van der Waals surface area contributed by atoms with Crippen molar-refractivity contribution in [2.24, 2.45) is 0 Å². The van der Waals surface area contributed by atoms with Crippen LogP contribution in [0.5, 0.6) is 5.75 Å². The Bertz CT molecular complexity index is 805. The zero-order valence-electron chi connectivity index (χ0n) is 12.4. The molecular weight excluding hydrogens is 296 g/mol. The molecule has 0 unspecified atom stereocenters. The van der Waals surface area contributed by atoms with Gasteiger partial charge in [0.05, 0.1) is 25.1 Å². The Labute approximate surface area is 132 Å². The highest BCUT2D eigenvalue weighted by Crippen LogP contribution is 2.32. The van der Waals surface area contributed by atoms with Crippen LogP contribution in [0.25, 0.3) is 17.4 Å². The van der Waals surface area contributed by atoms with Gasteiger partial charge in [-0.05, 0) is 30.3 Å². The number of oxazole rings is 1. The third-order valence-electron chi connectivity index (χ3n) is 3.11. The molecule has 1 aromatic carbocycles. The summed E-state index contributed by atoms with van der Waals surface area (Å²) < 4.78 is 15.7. The van der Waals surface area contributed by atoms with Crippen LogP contribution in [0.15, 0.2) is 64.1 Å². The van der Waals surface area contributed by atoms with E-state index >= 15 is 0 Å². The number of aromatic nitrogens is 1. The molecule has 0 aliphatic rings. The lowest BCUT2D eigenvalue weighted by atomic mass is 10.1. The van der Waals surface area contributed by atoms with E-state index < -0.39 is 0 Å². The van der Waals surface area contributed by atoms with Gasteiger partial charge in [-0.25, -0.2) is 4.98 Å². The summed E-state index contributed by atoms with van der Waals surface area (Å²) in [6.45, 7) is 0. The van der Waals surface area contributed by atoms with Crippen LogP contribution in [-0.4, -0.2) is 18.0 Å². The fourth-order valence-electron chi connectivity index (χ4n) is 2.05. The van der Waals surface area contributed by atoms with E-state index in [1.54, 1.807) is 56.0 Å². The predicted octanol–water partition coefficient (Wildman–Crippen LogP) is 3.60. The third-order valence-corrected chi connectivity index (χ3v) is 3.11. The molecule has 0 radical (unpaired) electrons. The molecule has 2 heterocycles. The Balaban J connectivity index is 1.74. The highest BCUT2D eigenvalue weighted by molar-refractivity contribution is 6.02. The highest BCUT2D eigenvalue weighted by Gasteiger charge is 2.10. The molecule has 116 valence electrons. The maximum Gasteiger partial charge on any atom is 0.248 e. The van der Waals surface area contributed by atoms with Crippen LogP contribution in [0, 0.1) is 0 Å². The van der Waals surface area contributed by atoms with Gasteiger partial charge in [0.1, 0.15) is 11.5 Å². The number of carbonyl (C=O) groups excluding carboxylic acids is 1. The smallest absolute Gasteiger partial charge is 0.248 e. The second kappa shape index (κ2) is 6.65. The van der Waals surface area contributed by atoms with Gasteiger partial charge in [-0.15, -0.1) is 0 Å². The number of nitrogens with zero attached hydrogens (tertiary/aromatic N) is 1. The first-order chi connectivity index (χ1) is 11.3. The molecule has 1 amide bonds. The SMILES string of the molecule is COc1cc(NC(=O)C=Cc2ccco2)ccc1-c1cnco1. The van der Waals surface area contributed by atoms with Crippen LogP contribution in [0.3, 0.4) is 0 Å². The summed E-state index contributed by atoms with van der Waals surface area (Å²) in [5.41, 5.74) is 1.37. The normalized spacial score (nSPS) is 10.8. The number of ether oxygens (including phenoxy) is 1. The molecule has 0 atom stereocenters. The Morgan fingerprint density at radius 1 is 1.30 bits per heavy atom. The van der Waals surface area contributed by atoms with Crippen LogP contribution in [0.2, 0.25) is 0 Å². The van der Waals surface area contributed by atoms with Crippen LogP contribution in [0.4, 0.5) is 5.69 Å². The first kappa shape index (κ1) is 14.6. The predicted molar refractivity (Wildman–Crippen MR) is 84.9 cm³/mol. The standard InChI is InChI=1S/C17H14N2O4/c1-21-15-9-12(4-6-14(15)16-10-18-11-23-16)19-17(20)7-5-13-3-2-8-22-13/h2-11H,1H3,(H,19,20). The van der Waals surface area contributed by atoms with E-state index in [-0.39, 0.29) is 5.91 Å². The fraction of sp³-hybridized carbons (Fsp3) is 0.0588. The van der Waals surface area contributed by atoms with E-state index in [1.807, 2.05) is 0 Å². The number of nitrogens with one attached hydrogen (secondary N) is 1. The molecule has 6 nitrogen and oxygen atoms in total. The van der Waals surface area contributed by atoms with E-state index in [1.165, 1.54) is 12.5 Å². The fourth-order valence-corrected chi connectivity index (χ4v) is 2.05. The molecule has 3 aromatic rings. The van der Waals surface area contributed by atoms with Crippen molar-refractivity contribution in [2.75, 3.05) is 12.4 Å². The van der Waals surface area contributed by atoms with Crippen molar-refractivity contribution in [3.63, 3.8) is 0 Å². The lowest BCUT2D eigenvalue weighted by Crippen LogP contribution is -2.07. The van der Waals surface area contributed by atoms with Crippen molar-refractivity contribution < 1.29 is 18.4 Å². The number of furan rings is 1. The maximum absolute atomic E-state index is 11.9. The van der Waals surface area contributed by atoms with Gasteiger partial charge in [0, 0.05) is 17.8 Å². The number of amides is 1. The molecule has 2 aromatic heterocycles. The van der Waals surface area contributed by atoms with Crippen molar-refractivity contribution in [2.45, 2.75) is 0 Å². The van der Waals surface area contributed by atoms with Crippen molar-refractivity contribution in [3.05, 3.63) is 61.0 Å². The number of anilines is 1. The van der Waals surface area contributed by atoms with Gasteiger partial charge in [0.2, 0.25) is 5.91 Å². The van der Waals surface area contributed by atoms with Gasteiger partial charge in [0.15, 0.2) is 12.2 Å². The van der Waals surface area contributed by atoms with Crippen LogP contribution in [0.1, 0.15) is 5.76 Å². The zero-order valence-corrected chi connectivity index (χ0v) is 12.4. The lowest BCUT2D eigenvalue weighted by Gasteiger charge is -2.09. The summed E-state index contributed by atoms with van der Waals surface area (Å²) in [5.74, 6) is 1.52. The average molecular weight is 310 g/mol. The van der Waals surface area contributed by atoms with Crippen molar-refractivity contribution in [1.82, 2.24) is 4.98 Å². The topological polar surface area (TPSA) is 77.5 Å². The van der Waals surface area contributed by atoms with Crippen LogP contribution >= 0.6 is 0 Å². The first-order valence-electron chi connectivity index (χ1n) is 6.86. The molecule has 0 aliphatic heterocycles. The minimum absolute atomic E-state index is 0.268. The Kier molecular flexibility index (Phi) is 4.24. The first-order valence-corrected chi connectivity index (χ1v) is 6.86. The molecule has 0 saturated heterocycles. The van der Waals surface area contributed by atoms with E-state index in [2.05, 4.69) is 10.3 Å². The van der Waals surface area contributed by atoms with Gasteiger partial charge in [-0.2, -0.15) is 0 Å². The number of benzene rings is 1. The van der Waals surface area contributed by atoms with Gasteiger partial charge in [-0.3, -0.25) is 4.79 Å². The van der Waals surface area contributed by atoms with Gasteiger partial charge in [-0.1, -0.05) is 0 Å². The molecule has 0 aliphatic carbocycles. The Morgan fingerprint density at radius 2 is 2.22 bits per heavy atom. The van der Waals surface area contributed by atoms with E-state index in [9.17, 15) is 4.79 Å². The minimum atomic E-state index is -0.268. The number of rotatable bonds is 5. The summed E-state index contributed by atoms with van der Waals surface area (Å²) in [5, 5.41) is 2.76. The molecular formula is C17H14N2O4. The Morgan fingerprint density at radius 3 is 2.91 bits per heavy atom. The molecule has 0 saturated carbocycles. The molecule has 3 rings (SSSR count). The molecule has 6 heteroatoms. The van der Waals surface area contributed by atoms with Gasteiger partial charge in [0.25, 0.3) is 0 Å². The molecule has 0 spiro atoms. The average Bonchev–Trinajstić information content (AvgIpc) is 3.26. The molecule has 0 bridgehead atoms. The van der Waals surface area contributed by atoms with Crippen molar-refractivity contribution in [1.29, 1.82) is 0 Å². The highest BCUT2D eigenvalue weighted by atomic mass is 16.5. The second-order valence-corrected chi connectivity index (χ2v) is 4.62. The number of hydrogen-bond acceptors (Lipinski definition) is 5. The summed E-state index contributed by atoms with van der Waals surface area (Å²) >= 11 is 0. The lowest BCUT2D eigenvalue weighted by molar-refractivity contribution is -0.111. The van der Waals surface area contributed by atoms with E-state index in [4.69, 9.17) is 13.6 Å². The summed E-state index contributed by atoms with van der Waals surface area (Å²) in [6.07, 6.45) is 7.49. The number of methoxy groups -OCH3 is 1. The monoisotopic (exact) mass is 310 g/mol. The summed E-state index contributed by atoms with van der Waals surface area (Å²) in [4.78, 5) is 15.8. The van der Waals surface area contributed by atoms with Crippen LogP contribution in [-0.2, 0) is 4.79 Å². The van der Waals surface area contributed by atoms with Crippen LogP contribution < -0.4 is 10.1 Å². The quantitative estimate of drug-likeness (QED) is 0.729. The number of carbonyl (C=O) groups is 1.